The normalized spacial score (nSPS) is 6.44. The molecule has 0 radical (unpaired) electrons. The van der Waals surface area contributed by atoms with Crippen LogP contribution in [0.4, 0.5) is 0 Å². The van der Waals surface area contributed by atoms with Crippen LogP contribution in [-0.4, -0.2) is 0 Å². The third-order valence-electron chi connectivity index (χ3n) is 0.743. The van der Waals surface area contributed by atoms with E-state index in [4.69, 9.17) is 0 Å². The van der Waals surface area contributed by atoms with Crippen molar-refractivity contribution in [3.05, 3.63) is 37.5 Å². The van der Waals surface area contributed by atoms with Gasteiger partial charge >= 0.3 is 0 Å². The summed E-state index contributed by atoms with van der Waals surface area (Å²) < 4.78 is 0. The molecule has 0 aliphatic carbocycles. The summed E-state index contributed by atoms with van der Waals surface area (Å²) in [5, 5.41) is 0. The van der Waals surface area contributed by atoms with Crippen molar-refractivity contribution in [1.82, 2.24) is 0 Å². The second-order valence-electron chi connectivity index (χ2n) is 1.62. The summed E-state index contributed by atoms with van der Waals surface area (Å²) in [6, 6.07) is 0. The first-order valence-corrected chi connectivity index (χ1v) is 3.10. The zero-order valence-corrected chi connectivity index (χ0v) is 6.48. The van der Waals surface area contributed by atoms with E-state index in [0.29, 0.717) is 0 Å². The molecule has 0 spiro atoms. The Bertz CT molecular complexity index is 88.2. The van der Waals surface area contributed by atoms with Crippen molar-refractivity contribution >= 4 is 0 Å². The van der Waals surface area contributed by atoms with E-state index in [0.717, 1.165) is 12.0 Å². The lowest BCUT2D eigenvalue weighted by molar-refractivity contribution is 1.16. The highest BCUT2D eigenvalue weighted by Gasteiger charge is 1.72. The van der Waals surface area contributed by atoms with Crippen LogP contribution in [0.15, 0.2) is 37.5 Å². The lowest BCUT2D eigenvalue weighted by Crippen LogP contribution is -1.62. The molecule has 0 aromatic carbocycles. The SMILES string of the molecule is C=CC.C=CC(=C)CC. The van der Waals surface area contributed by atoms with Crippen LogP contribution in [0.3, 0.4) is 0 Å². The van der Waals surface area contributed by atoms with Crippen LogP contribution in [-0.2, 0) is 0 Å². The molecule has 0 heteroatoms. The van der Waals surface area contributed by atoms with Gasteiger partial charge in [-0.15, -0.1) is 6.58 Å². The van der Waals surface area contributed by atoms with Crippen molar-refractivity contribution in [2.24, 2.45) is 0 Å². The molecule has 0 amide bonds. The molecule has 0 aliphatic heterocycles. The smallest absolute Gasteiger partial charge is 0.0314 e. The second-order valence-corrected chi connectivity index (χ2v) is 1.62. The molecule has 0 unspecified atom stereocenters. The van der Waals surface area contributed by atoms with Crippen molar-refractivity contribution < 1.29 is 0 Å². The molecule has 0 rings (SSSR count). The second kappa shape index (κ2) is 10.3. The van der Waals surface area contributed by atoms with Crippen molar-refractivity contribution in [2.75, 3.05) is 0 Å². The van der Waals surface area contributed by atoms with Gasteiger partial charge in [0.15, 0.2) is 0 Å². The summed E-state index contributed by atoms with van der Waals surface area (Å²) in [4.78, 5) is 0. The summed E-state index contributed by atoms with van der Waals surface area (Å²) in [6.07, 6.45) is 4.55. The van der Waals surface area contributed by atoms with Crippen molar-refractivity contribution in [2.45, 2.75) is 20.3 Å². The van der Waals surface area contributed by atoms with Gasteiger partial charge in [0.2, 0.25) is 0 Å². The molecule has 0 fully saturated rings. The van der Waals surface area contributed by atoms with E-state index in [1.807, 2.05) is 6.92 Å². The van der Waals surface area contributed by atoms with Gasteiger partial charge in [0.05, 0.1) is 0 Å². The summed E-state index contributed by atoms with van der Waals surface area (Å²) >= 11 is 0. The van der Waals surface area contributed by atoms with Crippen LogP contribution in [0.25, 0.3) is 0 Å². The summed E-state index contributed by atoms with van der Waals surface area (Å²) in [7, 11) is 0. The minimum atomic E-state index is 1.02. The van der Waals surface area contributed by atoms with Crippen LogP contribution in [0.5, 0.6) is 0 Å². The van der Waals surface area contributed by atoms with E-state index in [-0.39, 0.29) is 0 Å². The Balaban J connectivity index is 0. The molecular weight excluding hydrogens is 108 g/mol. The Morgan fingerprint density at radius 2 is 1.78 bits per heavy atom. The maximum absolute atomic E-state index is 3.67. The topological polar surface area (TPSA) is 0 Å². The summed E-state index contributed by atoms with van der Waals surface area (Å²) in [6.45, 7) is 14.5. The van der Waals surface area contributed by atoms with Gasteiger partial charge in [0, 0.05) is 0 Å². The van der Waals surface area contributed by atoms with Crippen LogP contribution in [0.1, 0.15) is 20.3 Å². The van der Waals surface area contributed by atoms with E-state index in [1.165, 1.54) is 0 Å². The van der Waals surface area contributed by atoms with E-state index in [9.17, 15) is 0 Å². The fourth-order valence-corrected chi connectivity index (χ4v) is 0.144. The number of hydrogen-bond acceptors (Lipinski definition) is 0. The molecule has 0 aromatic rings. The van der Waals surface area contributed by atoms with Gasteiger partial charge in [-0.05, 0) is 13.3 Å². The highest BCUT2D eigenvalue weighted by molar-refractivity contribution is 5.09. The minimum Gasteiger partial charge on any atom is -0.103 e. The Morgan fingerprint density at radius 1 is 1.44 bits per heavy atom. The Hall–Kier alpha value is -0.780. The third-order valence-corrected chi connectivity index (χ3v) is 0.743. The molecule has 0 saturated heterocycles. The monoisotopic (exact) mass is 124 g/mol. The van der Waals surface area contributed by atoms with E-state index >= 15 is 0 Å². The molecule has 0 nitrogen and oxygen atoms in total. The molecule has 0 saturated carbocycles. The van der Waals surface area contributed by atoms with E-state index < -0.39 is 0 Å². The van der Waals surface area contributed by atoms with Crippen molar-refractivity contribution in [3.8, 4) is 0 Å². The highest BCUT2D eigenvalue weighted by atomic mass is 13.8. The van der Waals surface area contributed by atoms with Crippen LogP contribution < -0.4 is 0 Å². The van der Waals surface area contributed by atoms with Crippen LogP contribution in [0.2, 0.25) is 0 Å². The van der Waals surface area contributed by atoms with Crippen molar-refractivity contribution in [3.63, 3.8) is 0 Å². The molecule has 0 atom stereocenters. The molecule has 0 aromatic heterocycles. The first-order chi connectivity index (χ1) is 4.22. The van der Waals surface area contributed by atoms with Gasteiger partial charge in [-0.3, -0.25) is 0 Å². The minimum absolute atomic E-state index is 1.02. The fourth-order valence-electron chi connectivity index (χ4n) is 0.144. The van der Waals surface area contributed by atoms with Crippen LogP contribution >= 0.6 is 0 Å². The summed E-state index contributed by atoms with van der Waals surface area (Å²) in [5.41, 5.74) is 1.11. The Morgan fingerprint density at radius 3 is 1.78 bits per heavy atom. The first-order valence-electron chi connectivity index (χ1n) is 3.10. The number of hydrogen-bond donors (Lipinski definition) is 0. The number of allylic oxidation sites excluding steroid dienone is 3. The zero-order valence-electron chi connectivity index (χ0n) is 6.48. The average molecular weight is 124 g/mol. The first kappa shape index (κ1) is 11.1. The maximum atomic E-state index is 3.67. The molecular formula is C9H16. The quantitative estimate of drug-likeness (QED) is 0.391. The predicted octanol–water partition coefficient (Wildman–Crippen LogP) is 3.33. The van der Waals surface area contributed by atoms with Gasteiger partial charge in [-0.25, -0.2) is 0 Å². The zero-order chi connectivity index (χ0) is 7.70. The highest BCUT2D eigenvalue weighted by Crippen LogP contribution is 1.93. The maximum Gasteiger partial charge on any atom is -0.0314 e. The van der Waals surface area contributed by atoms with Gasteiger partial charge < -0.3 is 0 Å². The fraction of sp³-hybridized carbons (Fsp3) is 0.333. The lowest BCUT2D eigenvalue weighted by atomic mass is 10.2. The van der Waals surface area contributed by atoms with Crippen molar-refractivity contribution in [1.29, 1.82) is 0 Å². The van der Waals surface area contributed by atoms with Gasteiger partial charge in [0.1, 0.15) is 0 Å². The summed E-state index contributed by atoms with van der Waals surface area (Å²) in [5.74, 6) is 0. The molecule has 0 heterocycles. The Labute approximate surface area is 58.6 Å². The third kappa shape index (κ3) is 19.0. The molecule has 0 bridgehead atoms. The van der Waals surface area contributed by atoms with Gasteiger partial charge in [-0.2, -0.15) is 0 Å². The molecule has 0 N–H and O–H groups in total. The molecule has 9 heavy (non-hydrogen) atoms. The van der Waals surface area contributed by atoms with Crippen LogP contribution in [0, 0.1) is 0 Å². The lowest BCUT2D eigenvalue weighted by Gasteiger charge is -1.83. The van der Waals surface area contributed by atoms with E-state index in [1.54, 1.807) is 12.2 Å². The van der Waals surface area contributed by atoms with Gasteiger partial charge in [0.25, 0.3) is 0 Å². The molecule has 52 valence electrons. The predicted molar refractivity (Wildman–Crippen MR) is 45.5 cm³/mol. The average Bonchev–Trinajstić information content (AvgIpc) is 1.88. The van der Waals surface area contributed by atoms with Gasteiger partial charge in [-0.1, -0.05) is 37.8 Å². The molecule has 0 aliphatic rings. The largest absolute Gasteiger partial charge is 0.103 e. The standard InChI is InChI=1S/C6H10.C3H6/c1-4-6(3)5-2;1-3-2/h4H,1,3,5H2,2H3;3H,1H2,2H3. The Kier molecular flexibility index (Phi) is 12.6. The number of rotatable bonds is 2. The van der Waals surface area contributed by atoms with E-state index in [2.05, 4.69) is 26.7 Å².